The fourth-order valence-corrected chi connectivity index (χ4v) is 7.22. The summed E-state index contributed by atoms with van der Waals surface area (Å²) < 4.78 is 37.8. The van der Waals surface area contributed by atoms with Gasteiger partial charge in [0.05, 0.1) is 17.9 Å². The highest BCUT2D eigenvalue weighted by Gasteiger charge is 2.60. The Labute approximate surface area is 299 Å². The van der Waals surface area contributed by atoms with Gasteiger partial charge in [0.15, 0.2) is 0 Å². The summed E-state index contributed by atoms with van der Waals surface area (Å²) >= 11 is 12.7. The molecule has 0 radical (unpaired) electrons. The highest BCUT2D eigenvalue weighted by atomic mass is 35.5. The van der Waals surface area contributed by atoms with Crippen molar-refractivity contribution in [3.63, 3.8) is 0 Å². The van der Waals surface area contributed by atoms with Gasteiger partial charge in [-0.1, -0.05) is 68.2 Å². The first-order chi connectivity index (χ1) is 23.0. The minimum atomic E-state index is -4.04. The van der Waals surface area contributed by atoms with E-state index in [2.05, 4.69) is 4.90 Å². The number of carbonyl (C=O) groups excluding carboxylic acids is 1. The molecule has 5 rings (SSSR count). The molecule has 1 saturated heterocycles. The lowest BCUT2D eigenvalue weighted by Gasteiger charge is -2.47. The maximum absolute atomic E-state index is 15.1. The Morgan fingerprint density at radius 3 is 2.06 bits per heavy atom. The van der Waals surface area contributed by atoms with E-state index < -0.39 is 21.2 Å². The van der Waals surface area contributed by atoms with Gasteiger partial charge < -0.3 is 9.64 Å². The van der Waals surface area contributed by atoms with Crippen molar-refractivity contribution in [2.75, 3.05) is 45.1 Å². The summed E-state index contributed by atoms with van der Waals surface area (Å²) in [6.45, 7) is 14.7. The fraction of sp³-hybridized carbons (Fsp3) is 0.486. The highest BCUT2D eigenvalue weighted by molar-refractivity contribution is 7.85. The van der Waals surface area contributed by atoms with Crippen LogP contribution in [0.4, 0.5) is 4.79 Å². The standard InChI is InChI=1S/C35H44Cl2N6O5S/c1-7-48-30-28(23-38-31(39-30)33(2,3)4)29-40-34(5,24-9-13-26(36)14-10-24)35(6,25-11-15-27(37)16-12-25)43(29)32(44)42-20-18-41(19-21-42)17-8-22-49(45,46)47/h9-16,23H,7-8,17-22H2,1-6H3,(H,45,46,47)/t34-,35+/m0/s1. The SMILES string of the molecule is CCOc1nc(C(C)(C)C)ncc1C1=N[C@@](C)(c2ccc(Cl)cc2)[C@@](C)(c2ccc(Cl)cc2)N1C(=O)N1CCN(CCCS(=O)(=O)O)CC1. The van der Waals surface area contributed by atoms with Crippen LogP contribution in [0.25, 0.3) is 0 Å². The minimum Gasteiger partial charge on any atom is -0.477 e. The molecule has 2 amide bonds. The topological polar surface area (TPSA) is 129 Å². The lowest BCUT2D eigenvalue weighted by molar-refractivity contribution is 0.0868. The Morgan fingerprint density at radius 2 is 1.53 bits per heavy atom. The third-order valence-electron chi connectivity index (χ3n) is 9.41. The number of halogens is 2. The molecule has 2 aliphatic rings. The van der Waals surface area contributed by atoms with Crippen LogP contribution < -0.4 is 4.74 Å². The van der Waals surface area contributed by atoms with Gasteiger partial charge in [-0.25, -0.2) is 9.78 Å². The van der Waals surface area contributed by atoms with Gasteiger partial charge in [0.1, 0.15) is 22.7 Å². The molecule has 0 unspecified atom stereocenters. The number of carbonyl (C=O) groups is 1. The molecular weight excluding hydrogens is 687 g/mol. The molecule has 2 aliphatic heterocycles. The zero-order chi connectivity index (χ0) is 35.8. The number of rotatable bonds is 9. The molecule has 1 aromatic heterocycles. The average molecular weight is 732 g/mol. The van der Waals surface area contributed by atoms with E-state index in [1.165, 1.54) is 0 Å². The third-order valence-corrected chi connectivity index (χ3v) is 10.7. The number of aliphatic imine (C=N–C) groups is 1. The van der Waals surface area contributed by atoms with E-state index in [0.717, 1.165) is 11.1 Å². The number of aromatic nitrogens is 2. The Morgan fingerprint density at radius 1 is 0.959 bits per heavy atom. The summed E-state index contributed by atoms with van der Waals surface area (Å²) in [6, 6.07) is 14.7. The first kappa shape index (κ1) is 37.0. The Bertz CT molecular complexity index is 1810. The number of hydrogen-bond acceptors (Lipinski definition) is 8. The van der Waals surface area contributed by atoms with Gasteiger partial charge in [-0.3, -0.25) is 19.3 Å². The van der Waals surface area contributed by atoms with Crippen LogP contribution in [0, 0.1) is 0 Å². The molecule has 49 heavy (non-hydrogen) atoms. The van der Waals surface area contributed by atoms with Gasteiger partial charge in [-0.2, -0.15) is 13.4 Å². The van der Waals surface area contributed by atoms with Gasteiger partial charge in [0.2, 0.25) is 5.88 Å². The van der Waals surface area contributed by atoms with Crippen molar-refractivity contribution in [3.05, 3.63) is 87.3 Å². The quantitative estimate of drug-likeness (QED) is 0.251. The van der Waals surface area contributed by atoms with Crippen molar-refractivity contribution in [3.8, 4) is 5.88 Å². The van der Waals surface area contributed by atoms with Gasteiger partial charge in [0.25, 0.3) is 10.1 Å². The number of ether oxygens (including phenoxy) is 1. The van der Waals surface area contributed by atoms with Crippen LogP contribution >= 0.6 is 23.2 Å². The molecule has 2 atom stereocenters. The predicted octanol–water partition coefficient (Wildman–Crippen LogP) is 6.39. The third kappa shape index (κ3) is 7.58. The van der Waals surface area contributed by atoms with Gasteiger partial charge in [0, 0.05) is 47.8 Å². The zero-order valence-electron chi connectivity index (χ0n) is 28.8. The molecule has 264 valence electrons. The second-order valence-corrected chi connectivity index (χ2v) is 16.2. The molecule has 0 spiro atoms. The monoisotopic (exact) mass is 730 g/mol. The minimum absolute atomic E-state index is 0.256. The first-order valence-corrected chi connectivity index (χ1v) is 18.7. The number of nitrogens with zero attached hydrogens (tertiary/aromatic N) is 6. The summed E-state index contributed by atoms with van der Waals surface area (Å²) in [5, 5.41) is 1.14. The van der Waals surface area contributed by atoms with Crippen molar-refractivity contribution in [1.82, 2.24) is 24.7 Å². The van der Waals surface area contributed by atoms with Gasteiger partial charge in [-0.15, -0.1) is 0 Å². The summed E-state index contributed by atoms with van der Waals surface area (Å²) in [4.78, 5) is 35.7. The largest absolute Gasteiger partial charge is 0.477 e. The molecule has 14 heteroatoms. The van der Waals surface area contributed by atoms with Crippen molar-refractivity contribution >= 4 is 45.2 Å². The number of amidine groups is 1. The molecule has 0 saturated carbocycles. The molecule has 1 fully saturated rings. The number of benzene rings is 2. The van der Waals surface area contributed by atoms with E-state index in [1.54, 1.807) is 16.0 Å². The molecule has 0 aliphatic carbocycles. The Kier molecular flexibility index (Phi) is 10.7. The zero-order valence-corrected chi connectivity index (χ0v) is 31.1. The van der Waals surface area contributed by atoms with Crippen LogP contribution in [0.5, 0.6) is 5.88 Å². The van der Waals surface area contributed by atoms with Crippen LogP contribution in [0.15, 0.2) is 59.7 Å². The van der Waals surface area contributed by atoms with Crippen LogP contribution in [0.1, 0.15) is 70.5 Å². The molecule has 11 nitrogen and oxygen atoms in total. The second kappa shape index (κ2) is 14.1. The average Bonchev–Trinajstić information content (AvgIpc) is 3.28. The van der Waals surface area contributed by atoms with E-state index in [0.29, 0.717) is 78.9 Å². The maximum Gasteiger partial charge on any atom is 0.326 e. The molecule has 0 bridgehead atoms. The number of amides is 2. The van der Waals surface area contributed by atoms with Crippen LogP contribution in [-0.2, 0) is 26.6 Å². The van der Waals surface area contributed by atoms with Crippen molar-refractivity contribution in [1.29, 1.82) is 0 Å². The van der Waals surface area contributed by atoms with Crippen molar-refractivity contribution in [2.24, 2.45) is 4.99 Å². The Hall–Kier alpha value is -3.29. The van der Waals surface area contributed by atoms with Crippen LogP contribution in [-0.4, -0.2) is 94.6 Å². The van der Waals surface area contributed by atoms with Gasteiger partial charge in [-0.05, 0) is 69.1 Å². The molecule has 3 heterocycles. The van der Waals surface area contributed by atoms with E-state index in [9.17, 15) is 8.42 Å². The number of urea groups is 1. The lowest BCUT2D eigenvalue weighted by atomic mass is 9.71. The lowest BCUT2D eigenvalue weighted by Crippen LogP contribution is -2.60. The van der Waals surface area contributed by atoms with Crippen LogP contribution in [0.2, 0.25) is 10.0 Å². The van der Waals surface area contributed by atoms with Crippen molar-refractivity contribution in [2.45, 2.75) is 64.5 Å². The number of hydrogen-bond donors (Lipinski definition) is 1. The smallest absolute Gasteiger partial charge is 0.326 e. The van der Waals surface area contributed by atoms with E-state index in [1.807, 2.05) is 90.1 Å². The fourth-order valence-electron chi connectivity index (χ4n) is 6.47. The van der Waals surface area contributed by atoms with Crippen LogP contribution in [0.3, 0.4) is 0 Å². The van der Waals surface area contributed by atoms with E-state index >= 15 is 4.79 Å². The summed E-state index contributed by atoms with van der Waals surface area (Å²) in [6.07, 6.45) is 2.00. The first-order valence-electron chi connectivity index (χ1n) is 16.4. The van der Waals surface area contributed by atoms with E-state index in [4.69, 9.17) is 47.5 Å². The molecule has 2 aromatic carbocycles. The summed E-state index contributed by atoms with van der Waals surface area (Å²) in [5.74, 6) is 1.00. The van der Waals surface area contributed by atoms with Crippen molar-refractivity contribution < 1.29 is 22.5 Å². The molecule has 3 aromatic rings. The van der Waals surface area contributed by atoms with E-state index in [-0.39, 0.29) is 17.2 Å². The second-order valence-electron chi connectivity index (χ2n) is 13.8. The normalized spacial score (nSPS) is 21.9. The van der Waals surface area contributed by atoms with Gasteiger partial charge >= 0.3 is 6.03 Å². The number of piperazine rings is 1. The highest BCUT2D eigenvalue weighted by Crippen LogP contribution is 2.54. The summed E-state index contributed by atoms with van der Waals surface area (Å²) in [5.41, 5.74) is -0.318. The predicted molar refractivity (Wildman–Crippen MR) is 192 cm³/mol. The summed E-state index contributed by atoms with van der Waals surface area (Å²) in [7, 11) is -4.04. The molecular formula is C35H44Cl2N6O5S. The molecule has 1 N–H and O–H groups in total. The Balaban J connectivity index is 1.65. The maximum atomic E-state index is 15.1.